The van der Waals surface area contributed by atoms with Crippen molar-refractivity contribution in [3.8, 4) is 0 Å². The van der Waals surface area contributed by atoms with Gasteiger partial charge in [-0.15, -0.1) is 11.3 Å². The molecule has 0 aromatic carbocycles. The quantitative estimate of drug-likeness (QED) is 0.878. The van der Waals surface area contributed by atoms with Crippen molar-refractivity contribution in [2.24, 2.45) is 0 Å². The summed E-state index contributed by atoms with van der Waals surface area (Å²) in [6.07, 6.45) is 0.964. The Morgan fingerprint density at radius 1 is 1.53 bits per heavy atom. The Hall–Kier alpha value is -0.870. The normalized spacial score (nSPS) is 10.9. The van der Waals surface area contributed by atoms with Crippen molar-refractivity contribution in [2.45, 2.75) is 40.2 Å². The van der Waals surface area contributed by atoms with Crippen LogP contribution in [-0.4, -0.2) is 35.1 Å². The lowest BCUT2D eigenvalue weighted by molar-refractivity contribution is 0.0670. The summed E-state index contributed by atoms with van der Waals surface area (Å²) in [6.45, 7) is 8.48. The van der Waals surface area contributed by atoms with E-state index in [1.54, 1.807) is 16.2 Å². The molecule has 17 heavy (non-hydrogen) atoms. The van der Waals surface area contributed by atoms with Crippen molar-refractivity contribution in [2.75, 3.05) is 13.2 Å². The summed E-state index contributed by atoms with van der Waals surface area (Å²) in [5, 5.41) is 9.00. The molecule has 0 aliphatic rings. The number of carbonyl (C=O) groups is 1. The van der Waals surface area contributed by atoms with Crippen molar-refractivity contribution in [3.63, 3.8) is 0 Å². The minimum atomic E-state index is 0.00884. The number of carbonyl (C=O) groups excluding carboxylic acids is 1. The van der Waals surface area contributed by atoms with Crippen LogP contribution in [0.15, 0.2) is 6.07 Å². The molecular formula is C13H21NO2S. The van der Waals surface area contributed by atoms with Gasteiger partial charge in [0.15, 0.2) is 0 Å². The number of rotatable bonds is 5. The lowest BCUT2D eigenvalue weighted by Gasteiger charge is -2.25. The highest BCUT2D eigenvalue weighted by Gasteiger charge is 2.20. The highest BCUT2D eigenvalue weighted by molar-refractivity contribution is 7.14. The van der Waals surface area contributed by atoms with Gasteiger partial charge in [-0.05, 0) is 38.8 Å². The monoisotopic (exact) mass is 255 g/mol. The maximum atomic E-state index is 12.3. The van der Waals surface area contributed by atoms with Gasteiger partial charge in [-0.25, -0.2) is 0 Å². The maximum Gasteiger partial charge on any atom is 0.264 e. The second-order valence-corrected chi connectivity index (χ2v) is 5.52. The molecule has 1 amide bonds. The number of aliphatic hydroxyl groups excluding tert-OH is 1. The standard InChI is InChI=1S/C13H21NO2S/c1-5-11-10(4)8-12(17-11)13(16)14(6-7-15)9(2)3/h8-9,15H,5-7H2,1-4H3. The van der Waals surface area contributed by atoms with Crippen molar-refractivity contribution in [1.29, 1.82) is 0 Å². The SMILES string of the molecule is CCc1sc(C(=O)N(CCO)C(C)C)cc1C. The Labute approximate surface area is 107 Å². The largest absolute Gasteiger partial charge is 0.395 e. The molecule has 0 aliphatic carbocycles. The molecule has 1 N–H and O–H groups in total. The van der Waals surface area contributed by atoms with Crippen molar-refractivity contribution in [3.05, 3.63) is 21.4 Å². The zero-order chi connectivity index (χ0) is 13.0. The Morgan fingerprint density at radius 2 is 2.18 bits per heavy atom. The summed E-state index contributed by atoms with van der Waals surface area (Å²) in [4.78, 5) is 16.0. The summed E-state index contributed by atoms with van der Waals surface area (Å²) < 4.78 is 0. The van der Waals surface area contributed by atoms with Crippen LogP contribution >= 0.6 is 11.3 Å². The van der Waals surface area contributed by atoms with Gasteiger partial charge in [-0.3, -0.25) is 4.79 Å². The lowest BCUT2D eigenvalue weighted by atomic mass is 10.2. The number of nitrogens with zero attached hydrogens (tertiary/aromatic N) is 1. The molecule has 1 aromatic heterocycles. The van der Waals surface area contributed by atoms with Gasteiger partial charge in [0.1, 0.15) is 0 Å². The third-order valence-electron chi connectivity index (χ3n) is 2.78. The molecule has 0 atom stereocenters. The fourth-order valence-electron chi connectivity index (χ4n) is 1.82. The summed E-state index contributed by atoms with van der Waals surface area (Å²) in [5.41, 5.74) is 1.19. The number of hydrogen-bond acceptors (Lipinski definition) is 3. The highest BCUT2D eigenvalue weighted by atomic mass is 32.1. The number of aliphatic hydroxyl groups is 1. The van der Waals surface area contributed by atoms with Crippen molar-refractivity contribution < 1.29 is 9.90 Å². The topological polar surface area (TPSA) is 40.5 Å². The fraction of sp³-hybridized carbons (Fsp3) is 0.615. The zero-order valence-electron chi connectivity index (χ0n) is 11.0. The number of aryl methyl sites for hydroxylation is 2. The first-order chi connectivity index (χ1) is 8.01. The molecule has 0 bridgehead atoms. The fourth-order valence-corrected chi connectivity index (χ4v) is 2.89. The van der Waals surface area contributed by atoms with E-state index in [4.69, 9.17) is 5.11 Å². The second-order valence-electron chi connectivity index (χ2n) is 4.39. The third kappa shape index (κ3) is 3.30. The van der Waals surface area contributed by atoms with Gasteiger partial charge >= 0.3 is 0 Å². The first-order valence-electron chi connectivity index (χ1n) is 6.02. The van der Waals surface area contributed by atoms with Gasteiger partial charge in [0.2, 0.25) is 0 Å². The smallest absolute Gasteiger partial charge is 0.264 e. The van der Waals surface area contributed by atoms with E-state index in [1.165, 1.54) is 10.4 Å². The maximum absolute atomic E-state index is 12.3. The van der Waals surface area contributed by atoms with Crippen LogP contribution in [0.1, 0.15) is 40.9 Å². The average Bonchev–Trinajstić information content (AvgIpc) is 2.66. The summed E-state index contributed by atoms with van der Waals surface area (Å²) in [7, 11) is 0. The molecule has 96 valence electrons. The van der Waals surface area contributed by atoms with E-state index >= 15 is 0 Å². The van der Waals surface area contributed by atoms with Gasteiger partial charge in [-0.2, -0.15) is 0 Å². The van der Waals surface area contributed by atoms with E-state index in [-0.39, 0.29) is 18.6 Å². The first kappa shape index (κ1) is 14.2. The lowest BCUT2D eigenvalue weighted by Crippen LogP contribution is -2.38. The number of hydrogen-bond donors (Lipinski definition) is 1. The molecule has 0 saturated carbocycles. The van der Waals surface area contributed by atoms with E-state index < -0.39 is 0 Å². The Kier molecular flexibility index (Phi) is 5.15. The molecule has 0 saturated heterocycles. The first-order valence-corrected chi connectivity index (χ1v) is 6.84. The molecule has 3 nitrogen and oxygen atoms in total. The number of amides is 1. The molecule has 0 radical (unpaired) electrons. The van der Waals surface area contributed by atoms with Gasteiger partial charge in [0, 0.05) is 17.5 Å². The third-order valence-corrected chi connectivity index (χ3v) is 4.15. The highest BCUT2D eigenvalue weighted by Crippen LogP contribution is 2.24. The summed E-state index contributed by atoms with van der Waals surface area (Å²) in [6, 6.07) is 2.07. The second kappa shape index (κ2) is 6.17. The molecular weight excluding hydrogens is 234 g/mol. The van der Waals surface area contributed by atoms with Crippen LogP contribution in [0, 0.1) is 6.92 Å². The van der Waals surface area contributed by atoms with Gasteiger partial charge < -0.3 is 10.0 Å². The molecule has 4 heteroatoms. The van der Waals surface area contributed by atoms with Crippen LogP contribution < -0.4 is 0 Å². The van der Waals surface area contributed by atoms with Gasteiger partial charge in [-0.1, -0.05) is 6.92 Å². The molecule has 0 spiro atoms. The Morgan fingerprint density at radius 3 is 2.59 bits per heavy atom. The summed E-state index contributed by atoms with van der Waals surface area (Å²) >= 11 is 1.57. The van der Waals surface area contributed by atoms with Crippen LogP contribution in [0.25, 0.3) is 0 Å². The zero-order valence-corrected chi connectivity index (χ0v) is 11.8. The molecule has 1 heterocycles. The van der Waals surface area contributed by atoms with Crippen LogP contribution in [0.5, 0.6) is 0 Å². The van der Waals surface area contributed by atoms with E-state index in [2.05, 4.69) is 6.92 Å². The van der Waals surface area contributed by atoms with E-state index in [0.717, 1.165) is 11.3 Å². The molecule has 0 unspecified atom stereocenters. The Bertz CT molecular complexity index is 385. The molecule has 0 fully saturated rings. The average molecular weight is 255 g/mol. The number of thiophene rings is 1. The van der Waals surface area contributed by atoms with Gasteiger partial charge in [0.25, 0.3) is 5.91 Å². The van der Waals surface area contributed by atoms with Crippen LogP contribution in [0.3, 0.4) is 0 Å². The predicted octanol–water partition coefficient (Wildman–Crippen LogP) is 2.46. The van der Waals surface area contributed by atoms with Crippen LogP contribution in [0.4, 0.5) is 0 Å². The van der Waals surface area contributed by atoms with E-state index in [1.807, 2.05) is 26.8 Å². The molecule has 1 aromatic rings. The van der Waals surface area contributed by atoms with Crippen LogP contribution in [0.2, 0.25) is 0 Å². The minimum Gasteiger partial charge on any atom is -0.395 e. The molecule has 1 rings (SSSR count). The predicted molar refractivity (Wildman–Crippen MR) is 71.7 cm³/mol. The van der Waals surface area contributed by atoms with E-state index in [0.29, 0.717) is 6.54 Å². The van der Waals surface area contributed by atoms with Crippen LogP contribution in [-0.2, 0) is 6.42 Å². The van der Waals surface area contributed by atoms with E-state index in [9.17, 15) is 4.79 Å². The van der Waals surface area contributed by atoms with Crippen molar-refractivity contribution >= 4 is 17.2 Å². The summed E-state index contributed by atoms with van der Waals surface area (Å²) in [5.74, 6) is 0.0295. The molecule has 0 aliphatic heterocycles. The van der Waals surface area contributed by atoms with Gasteiger partial charge in [0.05, 0.1) is 11.5 Å². The minimum absolute atomic E-state index is 0.00884. The Balaban J connectivity index is 2.92. The van der Waals surface area contributed by atoms with Crippen molar-refractivity contribution in [1.82, 2.24) is 4.90 Å².